The summed E-state index contributed by atoms with van der Waals surface area (Å²) in [5.41, 5.74) is 6.04. The van der Waals surface area contributed by atoms with Gasteiger partial charge in [-0.25, -0.2) is 0 Å². The van der Waals surface area contributed by atoms with E-state index in [1.54, 1.807) is 25.3 Å². The summed E-state index contributed by atoms with van der Waals surface area (Å²) in [7, 11) is 3.18. The molecule has 3 unspecified atom stereocenters. The molecule has 7 nitrogen and oxygen atoms in total. The second-order valence-electron chi connectivity index (χ2n) is 12.5. The highest BCUT2D eigenvalue weighted by Gasteiger charge is 2.38. The number of aromatic hydroxyl groups is 2. The zero-order valence-electron chi connectivity index (χ0n) is 25.0. The molecule has 3 aromatic rings. The minimum absolute atomic E-state index is 0.0354. The van der Waals surface area contributed by atoms with Crippen LogP contribution in [0.4, 0.5) is 0 Å². The number of phenolic OH excluding ortho intramolecular Hbond substituents is 2. The number of aliphatic hydroxyl groups excluding tert-OH is 1. The number of benzene rings is 3. The van der Waals surface area contributed by atoms with Crippen LogP contribution >= 0.6 is 0 Å². The van der Waals surface area contributed by atoms with Gasteiger partial charge in [-0.1, -0.05) is 26.3 Å². The van der Waals surface area contributed by atoms with Crippen LogP contribution in [-0.4, -0.2) is 41.7 Å². The van der Waals surface area contributed by atoms with E-state index in [0.717, 1.165) is 72.8 Å². The maximum Gasteiger partial charge on any atom is 0.200 e. The fourth-order valence-corrected chi connectivity index (χ4v) is 7.02. The predicted molar refractivity (Wildman–Crippen MR) is 161 cm³/mol. The van der Waals surface area contributed by atoms with Gasteiger partial charge in [0.05, 0.1) is 26.4 Å². The van der Waals surface area contributed by atoms with Gasteiger partial charge in [-0.15, -0.1) is 0 Å². The molecule has 0 aromatic heterocycles. The first-order valence-electron chi connectivity index (χ1n) is 15.3. The highest BCUT2D eigenvalue weighted by molar-refractivity contribution is 5.82. The second kappa shape index (κ2) is 11.6. The Morgan fingerprint density at radius 1 is 0.905 bits per heavy atom. The number of aliphatic hydroxyl groups is 1. The molecule has 1 aliphatic heterocycles. The van der Waals surface area contributed by atoms with Crippen molar-refractivity contribution in [2.45, 2.75) is 89.4 Å². The van der Waals surface area contributed by atoms with Gasteiger partial charge in [0.2, 0.25) is 5.75 Å². The quantitative estimate of drug-likeness (QED) is 0.261. The van der Waals surface area contributed by atoms with E-state index in [4.69, 9.17) is 18.9 Å². The first kappa shape index (κ1) is 28.5. The van der Waals surface area contributed by atoms with E-state index >= 15 is 0 Å². The zero-order chi connectivity index (χ0) is 29.5. The van der Waals surface area contributed by atoms with Crippen molar-refractivity contribution in [2.75, 3.05) is 14.2 Å². The molecule has 42 heavy (non-hydrogen) atoms. The van der Waals surface area contributed by atoms with Gasteiger partial charge in [-0.3, -0.25) is 0 Å². The molecule has 3 atom stereocenters. The number of phenols is 2. The molecule has 0 bridgehead atoms. The molecule has 6 rings (SSSR count). The predicted octanol–water partition coefficient (Wildman–Crippen LogP) is 7.22. The Morgan fingerprint density at radius 2 is 1.64 bits per heavy atom. The van der Waals surface area contributed by atoms with Gasteiger partial charge >= 0.3 is 0 Å². The van der Waals surface area contributed by atoms with Crippen molar-refractivity contribution < 1.29 is 34.3 Å². The molecule has 3 aromatic carbocycles. The molecule has 224 valence electrons. The standard InChI is InChI=1S/C35H42O7/c1-19(2)9-10-20-13-27-26-17-28(37)35(21-14-31(40-4)34(38)32(15-21)41-23-7-5-6-8-23)42-29(26)18-30(39-3)33(27)24-12-11-22(36)16-25(20)24/h11-12,14-16,18-20,23,28,35-38H,5-10,13,17H2,1-4H3. The highest BCUT2D eigenvalue weighted by Crippen LogP contribution is 2.53. The molecule has 0 saturated heterocycles. The lowest BCUT2D eigenvalue weighted by molar-refractivity contribution is 0.0200. The lowest BCUT2D eigenvalue weighted by Gasteiger charge is -2.37. The van der Waals surface area contributed by atoms with Crippen molar-refractivity contribution in [3.63, 3.8) is 0 Å². The lowest BCUT2D eigenvalue weighted by Crippen LogP contribution is -2.32. The monoisotopic (exact) mass is 574 g/mol. The van der Waals surface area contributed by atoms with Crippen LogP contribution in [0, 0.1) is 5.92 Å². The van der Waals surface area contributed by atoms with Crippen LogP contribution < -0.4 is 18.9 Å². The molecule has 3 aliphatic rings. The fraction of sp³-hybridized carbons (Fsp3) is 0.486. The summed E-state index contributed by atoms with van der Waals surface area (Å²) in [5, 5.41) is 32.7. The van der Waals surface area contributed by atoms with Gasteiger partial charge < -0.3 is 34.3 Å². The van der Waals surface area contributed by atoms with E-state index < -0.39 is 12.2 Å². The van der Waals surface area contributed by atoms with Crippen molar-refractivity contribution in [1.82, 2.24) is 0 Å². The van der Waals surface area contributed by atoms with Crippen LogP contribution in [0.1, 0.15) is 86.6 Å². The Kier molecular flexibility index (Phi) is 7.88. The summed E-state index contributed by atoms with van der Waals surface area (Å²) < 4.78 is 24.2. The number of methoxy groups -OCH3 is 2. The van der Waals surface area contributed by atoms with Crippen LogP contribution in [0.5, 0.6) is 34.5 Å². The number of hydrogen-bond acceptors (Lipinski definition) is 7. The van der Waals surface area contributed by atoms with Crippen LogP contribution in [0.2, 0.25) is 0 Å². The normalized spacial score (nSPS) is 21.3. The molecule has 7 heteroatoms. The third-order valence-corrected chi connectivity index (χ3v) is 9.20. The topological polar surface area (TPSA) is 97.6 Å². The zero-order valence-corrected chi connectivity index (χ0v) is 25.0. The van der Waals surface area contributed by atoms with E-state index in [1.165, 1.54) is 7.11 Å². The average molecular weight is 575 g/mol. The maximum absolute atomic E-state index is 11.5. The summed E-state index contributed by atoms with van der Waals surface area (Å²) in [6.07, 6.45) is 5.96. The third-order valence-electron chi connectivity index (χ3n) is 9.20. The van der Waals surface area contributed by atoms with Crippen molar-refractivity contribution >= 4 is 0 Å². The lowest BCUT2D eigenvalue weighted by atomic mass is 9.73. The molecule has 0 spiro atoms. The Morgan fingerprint density at radius 3 is 2.36 bits per heavy atom. The summed E-state index contributed by atoms with van der Waals surface area (Å²) in [6.45, 7) is 4.47. The van der Waals surface area contributed by atoms with E-state index in [-0.39, 0.29) is 29.3 Å². The first-order valence-corrected chi connectivity index (χ1v) is 15.3. The SMILES string of the molecule is COc1cc(C2Oc3cc(OC)c4c(c3CC2O)CC(CCC(C)C)c2cc(O)ccc2-4)cc(OC2CCCC2)c1O. The maximum atomic E-state index is 11.5. The van der Waals surface area contributed by atoms with Crippen LogP contribution in [0.3, 0.4) is 0 Å². The molecule has 0 amide bonds. The number of ether oxygens (including phenoxy) is 4. The van der Waals surface area contributed by atoms with E-state index in [0.29, 0.717) is 35.2 Å². The van der Waals surface area contributed by atoms with Gasteiger partial charge in [-0.2, -0.15) is 0 Å². The summed E-state index contributed by atoms with van der Waals surface area (Å²) in [5.74, 6) is 3.09. The molecule has 1 saturated carbocycles. The van der Waals surface area contributed by atoms with E-state index in [2.05, 4.69) is 13.8 Å². The highest BCUT2D eigenvalue weighted by atomic mass is 16.5. The van der Waals surface area contributed by atoms with Crippen molar-refractivity contribution in [1.29, 1.82) is 0 Å². The van der Waals surface area contributed by atoms with Gasteiger partial charge in [0.1, 0.15) is 17.2 Å². The number of hydrogen-bond donors (Lipinski definition) is 3. The molecule has 1 fully saturated rings. The van der Waals surface area contributed by atoms with E-state index in [9.17, 15) is 15.3 Å². The Balaban J connectivity index is 1.40. The molecular weight excluding hydrogens is 532 g/mol. The van der Waals surface area contributed by atoms with Gasteiger partial charge in [-0.05, 0) is 91.3 Å². The molecule has 3 N–H and O–H groups in total. The van der Waals surface area contributed by atoms with Crippen LogP contribution in [0.15, 0.2) is 36.4 Å². The van der Waals surface area contributed by atoms with Crippen molar-refractivity contribution in [2.24, 2.45) is 5.92 Å². The van der Waals surface area contributed by atoms with Crippen molar-refractivity contribution in [3.8, 4) is 45.6 Å². The largest absolute Gasteiger partial charge is 0.508 e. The third kappa shape index (κ3) is 5.24. The molecule has 0 radical (unpaired) electrons. The Bertz CT molecular complexity index is 1460. The molecule has 2 aliphatic carbocycles. The second-order valence-corrected chi connectivity index (χ2v) is 12.5. The summed E-state index contributed by atoms with van der Waals surface area (Å²) in [4.78, 5) is 0. The van der Waals surface area contributed by atoms with Crippen molar-refractivity contribution in [3.05, 3.63) is 58.7 Å². The summed E-state index contributed by atoms with van der Waals surface area (Å²) in [6, 6.07) is 11.0. The van der Waals surface area contributed by atoms with Crippen LogP contribution in [0.25, 0.3) is 11.1 Å². The van der Waals surface area contributed by atoms with Gasteiger partial charge in [0.15, 0.2) is 17.6 Å². The Labute approximate surface area is 248 Å². The summed E-state index contributed by atoms with van der Waals surface area (Å²) >= 11 is 0. The number of rotatable bonds is 8. The fourth-order valence-electron chi connectivity index (χ4n) is 7.02. The number of fused-ring (bicyclic) bond motifs is 5. The average Bonchev–Trinajstić information content (AvgIpc) is 3.49. The molecular formula is C35H42O7. The van der Waals surface area contributed by atoms with Gasteiger partial charge in [0, 0.05) is 29.2 Å². The molecule has 1 heterocycles. The van der Waals surface area contributed by atoms with E-state index in [1.807, 2.05) is 18.2 Å². The smallest absolute Gasteiger partial charge is 0.200 e. The minimum Gasteiger partial charge on any atom is -0.508 e. The minimum atomic E-state index is -0.820. The first-order chi connectivity index (χ1) is 20.3. The van der Waals surface area contributed by atoms with Crippen LogP contribution in [-0.2, 0) is 12.8 Å². The van der Waals surface area contributed by atoms with Gasteiger partial charge in [0.25, 0.3) is 0 Å². The Hall–Kier alpha value is -3.58.